The quantitative estimate of drug-likeness (QED) is 0.182. The van der Waals surface area contributed by atoms with Gasteiger partial charge in [-0.15, -0.1) is 5.73 Å². The molecule has 2 aromatic heterocycles. The van der Waals surface area contributed by atoms with Gasteiger partial charge in [-0.05, 0) is 69.7 Å². The zero-order chi connectivity index (χ0) is 31.9. The number of aromatic nitrogens is 4. The van der Waals surface area contributed by atoms with Crippen LogP contribution in [0, 0.1) is 0 Å². The Balaban J connectivity index is 1.15. The van der Waals surface area contributed by atoms with Crippen LogP contribution < -0.4 is 0 Å². The van der Waals surface area contributed by atoms with E-state index in [1.807, 2.05) is 73.0 Å². The van der Waals surface area contributed by atoms with E-state index in [2.05, 4.69) is 95.6 Å². The topological polar surface area (TPSA) is 51.6 Å². The van der Waals surface area contributed by atoms with Gasteiger partial charge in [0.15, 0.2) is 17.5 Å². The molecule has 0 saturated heterocycles. The van der Waals surface area contributed by atoms with Crippen LogP contribution in [0.15, 0.2) is 164 Å². The summed E-state index contributed by atoms with van der Waals surface area (Å²) in [6.45, 7) is 0. The molecule has 48 heavy (non-hydrogen) atoms. The van der Waals surface area contributed by atoms with Crippen molar-refractivity contribution in [2.45, 2.75) is 6.42 Å². The van der Waals surface area contributed by atoms with E-state index in [1.165, 1.54) is 33.4 Å². The summed E-state index contributed by atoms with van der Waals surface area (Å²) < 4.78 is 0. The second-order valence-electron chi connectivity index (χ2n) is 12.0. The average molecular weight is 613 g/mol. The first-order valence-corrected chi connectivity index (χ1v) is 16.1. The Morgan fingerprint density at radius 1 is 0.521 bits per heavy atom. The molecule has 7 aromatic rings. The van der Waals surface area contributed by atoms with E-state index in [9.17, 15) is 0 Å². The highest BCUT2D eigenvalue weighted by Crippen LogP contribution is 2.46. The number of pyridine rings is 1. The van der Waals surface area contributed by atoms with Crippen molar-refractivity contribution in [3.63, 3.8) is 0 Å². The minimum absolute atomic E-state index is 0.634. The number of hydrogen-bond donors (Lipinski definition) is 0. The Kier molecular flexibility index (Phi) is 6.78. The summed E-state index contributed by atoms with van der Waals surface area (Å²) in [6, 6.07) is 42.6. The number of hydrogen-bond acceptors (Lipinski definition) is 4. The molecule has 224 valence electrons. The molecule has 0 amide bonds. The third-order valence-electron chi connectivity index (χ3n) is 9.10. The van der Waals surface area contributed by atoms with Gasteiger partial charge in [0.2, 0.25) is 0 Å². The normalized spacial score (nSPS) is 12.9. The number of benzene rings is 5. The summed E-state index contributed by atoms with van der Waals surface area (Å²) in [4.78, 5) is 19.7. The molecule has 0 N–H and O–H groups in total. The van der Waals surface area contributed by atoms with Crippen molar-refractivity contribution in [2.24, 2.45) is 0 Å². The van der Waals surface area contributed by atoms with Crippen molar-refractivity contribution in [3.05, 3.63) is 181 Å². The fraction of sp³-hybridized carbons (Fsp3) is 0.0227. The van der Waals surface area contributed by atoms with Crippen molar-refractivity contribution in [1.29, 1.82) is 0 Å². The number of para-hydroxylation sites is 1. The molecule has 9 rings (SSSR count). The van der Waals surface area contributed by atoms with Gasteiger partial charge in [0, 0.05) is 33.8 Å². The van der Waals surface area contributed by atoms with E-state index in [0.717, 1.165) is 45.2 Å². The van der Waals surface area contributed by atoms with Gasteiger partial charge in [0.25, 0.3) is 0 Å². The highest BCUT2D eigenvalue weighted by molar-refractivity contribution is 5.95. The molecule has 0 radical (unpaired) electrons. The molecule has 0 saturated carbocycles. The lowest BCUT2D eigenvalue weighted by Gasteiger charge is -2.13. The second-order valence-corrected chi connectivity index (χ2v) is 12.0. The van der Waals surface area contributed by atoms with Crippen LogP contribution >= 0.6 is 0 Å². The van der Waals surface area contributed by atoms with Crippen LogP contribution in [0.1, 0.15) is 17.0 Å². The van der Waals surface area contributed by atoms with Crippen molar-refractivity contribution in [1.82, 2.24) is 19.9 Å². The van der Waals surface area contributed by atoms with Crippen LogP contribution in [0.25, 0.3) is 72.6 Å². The monoisotopic (exact) mass is 612 g/mol. The lowest BCUT2D eigenvalue weighted by molar-refractivity contribution is 1.04. The summed E-state index contributed by atoms with van der Waals surface area (Å²) >= 11 is 0. The number of nitrogens with zero attached hydrogens (tertiary/aromatic N) is 4. The van der Waals surface area contributed by atoms with Crippen molar-refractivity contribution in [3.8, 4) is 56.2 Å². The molecular formula is C44H28N4. The van der Waals surface area contributed by atoms with Gasteiger partial charge in [0.05, 0.1) is 5.52 Å². The van der Waals surface area contributed by atoms with Gasteiger partial charge in [0.1, 0.15) is 0 Å². The predicted molar refractivity (Wildman–Crippen MR) is 195 cm³/mol. The van der Waals surface area contributed by atoms with Crippen LogP contribution in [0.5, 0.6) is 0 Å². The van der Waals surface area contributed by atoms with Crippen LogP contribution in [0.4, 0.5) is 0 Å². The summed E-state index contributed by atoms with van der Waals surface area (Å²) in [5.74, 6) is 1.95. The molecule has 2 heterocycles. The number of rotatable bonds is 5. The highest BCUT2D eigenvalue weighted by atomic mass is 15.0. The van der Waals surface area contributed by atoms with Crippen molar-refractivity contribution >= 4 is 16.5 Å². The third-order valence-corrected chi connectivity index (χ3v) is 9.10. The first kappa shape index (κ1) is 27.8. The molecule has 0 aliphatic heterocycles. The van der Waals surface area contributed by atoms with Crippen LogP contribution in [-0.4, -0.2) is 19.9 Å². The molecule has 0 spiro atoms. The smallest absolute Gasteiger partial charge is 0.164 e. The van der Waals surface area contributed by atoms with E-state index >= 15 is 0 Å². The van der Waals surface area contributed by atoms with E-state index < -0.39 is 0 Å². The molecule has 0 atom stereocenters. The fourth-order valence-electron chi connectivity index (χ4n) is 6.84. The first-order valence-electron chi connectivity index (χ1n) is 16.1. The summed E-state index contributed by atoms with van der Waals surface area (Å²) in [6.07, 6.45) is 12.5. The van der Waals surface area contributed by atoms with Crippen molar-refractivity contribution < 1.29 is 0 Å². The number of fused-ring (bicyclic) bond motifs is 4. The van der Waals surface area contributed by atoms with Gasteiger partial charge in [-0.3, -0.25) is 4.98 Å². The fourth-order valence-corrected chi connectivity index (χ4v) is 6.84. The summed E-state index contributed by atoms with van der Waals surface area (Å²) in [5, 5.41) is 1.14. The maximum Gasteiger partial charge on any atom is 0.164 e. The second kappa shape index (κ2) is 11.7. The van der Waals surface area contributed by atoms with Gasteiger partial charge in [-0.2, -0.15) is 0 Å². The Morgan fingerprint density at radius 3 is 2.12 bits per heavy atom. The van der Waals surface area contributed by atoms with Crippen LogP contribution in [0.3, 0.4) is 0 Å². The van der Waals surface area contributed by atoms with Gasteiger partial charge < -0.3 is 0 Å². The first-order chi connectivity index (χ1) is 23.8. The summed E-state index contributed by atoms with van der Waals surface area (Å²) in [5.41, 5.74) is 16.8. The zero-order valence-corrected chi connectivity index (χ0v) is 26.0. The Morgan fingerprint density at radius 2 is 1.23 bits per heavy atom. The van der Waals surface area contributed by atoms with E-state index in [1.54, 1.807) is 0 Å². The Hall–Kier alpha value is -6.48. The van der Waals surface area contributed by atoms with Crippen molar-refractivity contribution in [2.75, 3.05) is 0 Å². The molecule has 2 aliphatic carbocycles. The van der Waals surface area contributed by atoms with Gasteiger partial charge in [-0.1, -0.05) is 127 Å². The molecule has 0 bridgehead atoms. The zero-order valence-electron chi connectivity index (χ0n) is 26.0. The van der Waals surface area contributed by atoms with Crippen LogP contribution in [0.2, 0.25) is 0 Å². The van der Waals surface area contributed by atoms with Gasteiger partial charge in [-0.25, -0.2) is 15.0 Å². The maximum atomic E-state index is 5.08. The van der Waals surface area contributed by atoms with E-state index in [0.29, 0.717) is 17.5 Å². The summed E-state index contributed by atoms with van der Waals surface area (Å²) in [7, 11) is 0. The molecule has 2 aliphatic rings. The van der Waals surface area contributed by atoms with E-state index in [4.69, 9.17) is 15.0 Å². The Labute approximate surface area is 278 Å². The maximum absolute atomic E-state index is 5.08. The largest absolute Gasteiger partial charge is 0.256 e. The molecule has 0 fully saturated rings. The molecule has 5 aromatic carbocycles. The minimum atomic E-state index is 0.634. The standard InChI is InChI=1S/C44H28N4/c1-2-5-13-32(12-4-1)42-46-43(33-14-6-3-7-15-33)48-44(47-42)38-22-9-17-34-28-39-35(19-10-21-37(39)40(34)38)29-23-25-30(26-24-29)36-20-8-16-31-18-11-27-45-41(31)36/h1,3-27H,28H2. The van der Waals surface area contributed by atoms with Gasteiger partial charge >= 0.3 is 0 Å². The lowest BCUT2D eigenvalue weighted by atomic mass is 9.93. The number of allylic oxidation sites excluding steroid dienone is 5. The minimum Gasteiger partial charge on any atom is -0.256 e. The Bertz CT molecular complexity index is 2490. The lowest BCUT2D eigenvalue weighted by Crippen LogP contribution is -2.03. The molecule has 4 heteroatoms. The molecule has 0 unspecified atom stereocenters. The molecule has 4 nitrogen and oxygen atoms in total. The average Bonchev–Trinajstić information content (AvgIpc) is 3.33. The van der Waals surface area contributed by atoms with E-state index in [-0.39, 0.29) is 0 Å². The predicted octanol–water partition coefficient (Wildman–Crippen LogP) is 10.3. The SMILES string of the molecule is C1=CC=CC(c2nc(-c3ccccc3)nc(-c3cccc4c3-c3cccc(-c5ccc(-c6cccc7cccnc67)cc5)c3C4)n2)=CC=1. The van der Waals surface area contributed by atoms with Crippen LogP contribution in [-0.2, 0) is 6.42 Å². The highest BCUT2D eigenvalue weighted by Gasteiger charge is 2.26. The third kappa shape index (κ3) is 4.89. The molecular weight excluding hydrogens is 585 g/mol.